The number of amides is 3. The van der Waals surface area contributed by atoms with Gasteiger partial charge in [-0.15, -0.1) is 0 Å². The second-order valence-corrected chi connectivity index (χ2v) is 7.03. The molecule has 4 rings (SSSR count). The fraction of sp³-hybridized carbons (Fsp3) is 0.250. The predicted molar refractivity (Wildman–Crippen MR) is 100 cm³/mol. The van der Waals surface area contributed by atoms with E-state index < -0.39 is 35.4 Å². The Balaban J connectivity index is 1.38. The second-order valence-electron chi connectivity index (χ2n) is 7.03. The number of urea groups is 1. The van der Waals surface area contributed by atoms with Crippen molar-refractivity contribution in [3.05, 3.63) is 65.0 Å². The topological polar surface area (TPSA) is 88.2 Å². The van der Waals surface area contributed by atoms with Crippen molar-refractivity contribution in [1.82, 2.24) is 9.91 Å². The highest BCUT2D eigenvalue weighted by Crippen LogP contribution is 2.31. The van der Waals surface area contributed by atoms with E-state index in [2.05, 4.69) is 5.10 Å². The van der Waals surface area contributed by atoms with Crippen LogP contribution in [0.4, 0.5) is 18.0 Å². The summed E-state index contributed by atoms with van der Waals surface area (Å²) in [6.07, 6.45) is 1.49. The lowest BCUT2D eigenvalue weighted by molar-refractivity contribution is 0.0276. The molecule has 0 aliphatic carbocycles. The van der Waals surface area contributed by atoms with E-state index in [1.165, 1.54) is 40.4 Å². The zero-order valence-corrected chi connectivity index (χ0v) is 15.6. The molecule has 30 heavy (non-hydrogen) atoms. The number of hydrazone groups is 1. The minimum Gasteiger partial charge on any atom is -0.487 e. The molecule has 2 aromatic rings. The van der Waals surface area contributed by atoms with Crippen molar-refractivity contribution < 1.29 is 27.5 Å². The summed E-state index contributed by atoms with van der Waals surface area (Å²) in [6, 6.07) is 5.76. The highest BCUT2D eigenvalue weighted by atomic mass is 19.1. The van der Waals surface area contributed by atoms with Crippen LogP contribution in [0.15, 0.2) is 41.5 Å². The number of halogens is 3. The minimum absolute atomic E-state index is 0.234. The average molecular weight is 418 g/mol. The fourth-order valence-corrected chi connectivity index (χ4v) is 3.42. The Labute approximate surface area is 169 Å². The number of ether oxygens (including phenoxy) is 1. The lowest BCUT2D eigenvalue weighted by Gasteiger charge is -2.41. The summed E-state index contributed by atoms with van der Waals surface area (Å²) < 4.78 is 46.3. The summed E-state index contributed by atoms with van der Waals surface area (Å²) in [5, 5.41) is 5.23. The Kier molecular flexibility index (Phi) is 5.06. The van der Waals surface area contributed by atoms with Crippen LogP contribution >= 0.6 is 0 Å². The van der Waals surface area contributed by atoms with E-state index in [0.29, 0.717) is 12.0 Å². The first-order valence-corrected chi connectivity index (χ1v) is 9.14. The Bertz CT molecular complexity index is 1020. The third-order valence-corrected chi connectivity index (χ3v) is 4.92. The van der Waals surface area contributed by atoms with Crippen LogP contribution in [0.5, 0.6) is 5.75 Å². The summed E-state index contributed by atoms with van der Waals surface area (Å²) in [5.41, 5.74) is 5.15. The molecule has 2 aliphatic rings. The normalized spacial score (nSPS) is 18.4. The molecular weight excluding hydrogens is 401 g/mol. The van der Waals surface area contributed by atoms with Gasteiger partial charge in [-0.05, 0) is 35.9 Å². The van der Waals surface area contributed by atoms with Gasteiger partial charge in [0, 0.05) is 18.7 Å². The van der Waals surface area contributed by atoms with Crippen molar-refractivity contribution in [3.63, 3.8) is 0 Å². The molecular formula is C20H17F3N4O3. The van der Waals surface area contributed by atoms with E-state index in [1.807, 2.05) is 0 Å². The molecule has 3 amide bonds. The van der Waals surface area contributed by atoms with Crippen molar-refractivity contribution in [1.29, 1.82) is 0 Å². The van der Waals surface area contributed by atoms with Crippen molar-refractivity contribution >= 4 is 18.2 Å². The van der Waals surface area contributed by atoms with E-state index in [0.717, 1.165) is 12.1 Å². The molecule has 0 radical (unpaired) electrons. The molecule has 0 saturated carbocycles. The molecule has 10 heteroatoms. The summed E-state index contributed by atoms with van der Waals surface area (Å²) in [7, 11) is 0. The number of rotatable bonds is 4. The summed E-state index contributed by atoms with van der Waals surface area (Å²) in [6.45, 7) is 0.469. The molecule has 2 heterocycles. The quantitative estimate of drug-likeness (QED) is 0.828. The van der Waals surface area contributed by atoms with E-state index in [1.54, 1.807) is 0 Å². The molecule has 2 aliphatic heterocycles. The van der Waals surface area contributed by atoms with Gasteiger partial charge in [0.15, 0.2) is 0 Å². The Hall–Kier alpha value is -3.56. The Morgan fingerprint density at radius 1 is 1.07 bits per heavy atom. The molecule has 1 saturated heterocycles. The fourth-order valence-electron chi connectivity index (χ4n) is 3.42. The molecule has 7 nitrogen and oxygen atoms in total. The van der Waals surface area contributed by atoms with Crippen LogP contribution in [0, 0.1) is 17.5 Å². The van der Waals surface area contributed by atoms with Crippen LogP contribution in [0.25, 0.3) is 0 Å². The standard InChI is InChI=1S/C20H17F3N4O3/c21-12-5-11(6-13(22)7-12)18-3-4-25-27(18)20(29)26-9-15(10-26)30-14-1-2-17(23)16(8-14)19(24)28/h1-2,4-8,15,18H,3,9-10H2,(H2,24,28)/t18-/m0/s1. The molecule has 0 aromatic heterocycles. The maximum atomic E-state index is 13.5. The van der Waals surface area contributed by atoms with E-state index in [-0.39, 0.29) is 30.5 Å². The van der Waals surface area contributed by atoms with E-state index in [9.17, 15) is 22.8 Å². The third-order valence-electron chi connectivity index (χ3n) is 4.92. The van der Waals surface area contributed by atoms with Gasteiger partial charge in [0.2, 0.25) is 0 Å². The van der Waals surface area contributed by atoms with Gasteiger partial charge in [-0.3, -0.25) is 4.79 Å². The highest BCUT2D eigenvalue weighted by Gasteiger charge is 2.39. The lowest BCUT2D eigenvalue weighted by atomic mass is 10.0. The highest BCUT2D eigenvalue weighted by molar-refractivity contribution is 5.93. The lowest BCUT2D eigenvalue weighted by Crippen LogP contribution is -2.58. The minimum atomic E-state index is -0.907. The largest absolute Gasteiger partial charge is 0.487 e. The SMILES string of the molecule is NC(=O)c1cc(OC2CN(C(=O)N3N=CC[C@H]3c3cc(F)cc(F)c3)C2)ccc1F. The van der Waals surface area contributed by atoms with Crippen LogP contribution < -0.4 is 10.5 Å². The van der Waals surface area contributed by atoms with E-state index in [4.69, 9.17) is 10.5 Å². The third kappa shape index (κ3) is 3.80. The number of hydrogen-bond donors (Lipinski definition) is 1. The maximum absolute atomic E-state index is 13.5. The molecule has 0 spiro atoms. The first-order valence-electron chi connectivity index (χ1n) is 9.14. The number of carbonyl (C=O) groups excluding carboxylic acids is 2. The van der Waals surface area contributed by atoms with Gasteiger partial charge in [0.1, 0.15) is 29.3 Å². The van der Waals surface area contributed by atoms with Gasteiger partial charge < -0.3 is 15.4 Å². The van der Waals surface area contributed by atoms with Crippen LogP contribution in [0.3, 0.4) is 0 Å². The molecule has 2 aromatic carbocycles. The summed E-state index contributed by atoms with van der Waals surface area (Å²) >= 11 is 0. The first-order chi connectivity index (χ1) is 14.3. The van der Waals surface area contributed by atoms with Gasteiger partial charge in [0.05, 0.1) is 24.7 Å². The van der Waals surface area contributed by atoms with Crippen LogP contribution in [-0.4, -0.2) is 47.3 Å². The number of nitrogens with two attached hydrogens (primary N) is 1. The van der Waals surface area contributed by atoms with Crippen LogP contribution in [0.2, 0.25) is 0 Å². The van der Waals surface area contributed by atoms with Gasteiger partial charge in [-0.25, -0.2) is 23.0 Å². The smallest absolute Gasteiger partial charge is 0.341 e. The predicted octanol–water partition coefficient (Wildman–Crippen LogP) is 2.82. The number of likely N-dealkylation sites (tertiary alicyclic amines) is 1. The number of primary amides is 1. The maximum Gasteiger partial charge on any atom is 0.341 e. The number of benzene rings is 2. The summed E-state index contributed by atoms with van der Waals surface area (Å²) in [5.74, 6) is -2.84. The zero-order chi connectivity index (χ0) is 21.4. The van der Waals surface area contributed by atoms with Crippen molar-refractivity contribution in [2.24, 2.45) is 10.8 Å². The monoisotopic (exact) mass is 418 g/mol. The summed E-state index contributed by atoms with van der Waals surface area (Å²) in [4.78, 5) is 25.4. The van der Waals surface area contributed by atoms with Gasteiger partial charge in [-0.1, -0.05) is 0 Å². The van der Waals surface area contributed by atoms with Crippen LogP contribution in [0.1, 0.15) is 28.4 Å². The van der Waals surface area contributed by atoms with Gasteiger partial charge >= 0.3 is 6.03 Å². The molecule has 2 N–H and O–H groups in total. The number of carbonyl (C=O) groups is 2. The zero-order valence-electron chi connectivity index (χ0n) is 15.6. The number of nitrogens with zero attached hydrogens (tertiary/aromatic N) is 3. The number of hydrogen-bond acceptors (Lipinski definition) is 4. The molecule has 156 valence electrons. The van der Waals surface area contributed by atoms with Gasteiger partial charge in [-0.2, -0.15) is 5.10 Å². The van der Waals surface area contributed by atoms with Crippen LogP contribution in [-0.2, 0) is 0 Å². The first kappa shape index (κ1) is 19.7. The van der Waals surface area contributed by atoms with Crippen molar-refractivity contribution in [2.75, 3.05) is 13.1 Å². The van der Waals surface area contributed by atoms with Crippen molar-refractivity contribution in [2.45, 2.75) is 18.6 Å². The second kappa shape index (κ2) is 7.69. The Morgan fingerprint density at radius 2 is 1.77 bits per heavy atom. The Morgan fingerprint density at radius 3 is 2.43 bits per heavy atom. The molecule has 0 bridgehead atoms. The van der Waals surface area contributed by atoms with Crippen molar-refractivity contribution in [3.8, 4) is 5.75 Å². The molecule has 1 atom stereocenters. The van der Waals surface area contributed by atoms with Gasteiger partial charge in [0.25, 0.3) is 5.91 Å². The molecule has 1 fully saturated rings. The van der Waals surface area contributed by atoms with E-state index >= 15 is 0 Å². The molecule has 0 unspecified atom stereocenters. The average Bonchev–Trinajstić information content (AvgIpc) is 3.14.